The van der Waals surface area contributed by atoms with Crippen LogP contribution in [0.2, 0.25) is 5.02 Å². The third-order valence-corrected chi connectivity index (χ3v) is 4.22. The minimum Gasteiger partial charge on any atom is -0.481 e. The molecule has 6 nitrogen and oxygen atoms in total. The Bertz CT molecular complexity index is 765. The van der Waals surface area contributed by atoms with E-state index in [0.29, 0.717) is 35.7 Å². The van der Waals surface area contributed by atoms with Gasteiger partial charge in [0.25, 0.3) is 5.91 Å². The highest BCUT2D eigenvalue weighted by Crippen LogP contribution is 2.29. The smallest absolute Gasteiger partial charge is 0.326 e. The van der Waals surface area contributed by atoms with E-state index < -0.39 is 12.0 Å². The number of halogens is 1. The first-order valence-electron chi connectivity index (χ1n) is 7.26. The number of aromatic nitrogens is 1. The standard InChI is InChI=1S/C16H15ClN2O4/c17-11-5-6-13(15-10(11)3-1-7-18-15)23-9-14(20)19-8-2-4-12(19)16(21)22/h1,3,5-7,12H,2,4,8-9H2,(H,21,22)/t12-/m0/s1. The SMILES string of the molecule is O=C(O)[C@@H]1CCCN1C(=O)COc1ccc(Cl)c2cccnc12. The second kappa shape index (κ2) is 6.42. The van der Waals surface area contributed by atoms with E-state index >= 15 is 0 Å². The van der Waals surface area contributed by atoms with Crippen LogP contribution >= 0.6 is 11.6 Å². The van der Waals surface area contributed by atoms with E-state index in [-0.39, 0.29) is 12.5 Å². The minimum atomic E-state index is -0.977. The third-order valence-electron chi connectivity index (χ3n) is 3.89. The Labute approximate surface area is 137 Å². The highest BCUT2D eigenvalue weighted by molar-refractivity contribution is 6.35. The maximum absolute atomic E-state index is 12.2. The zero-order valence-electron chi connectivity index (χ0n) is 12.2. The molecule has 2 heterocycles. The Morgan fingerprint density at radius 2 is 2.22 bits per heavy atom. The van der Waals surface area contributed by atoms with Gasteiger partial charge in [-0.15, -0.1) is 0 Å². The van der Waals surface area contributed by atoms with Crippen molar-refractivity contribution in [3.63, 3.8) is 0 Å². The van der Waals surface area contributed by atoms with Crippen molar-refractivity contribution in [2.24, 2.45) is 0 Å². The average Bonchev–Trinajstić information content (AvgIpc) is 3.04. The molecule has 1 saturated heterocycles. The van der Waals surface area contributed by atoms with Gasteiger partial charge in [0.2, 0.25) is 0 Å². The number of likely N-dealkylation sites (tertiary alicyclic amines) is 1. The van der Waals surface area contributed by atoms with Gasteiger partial charge in [-0.3, -0.25) is 9.78 Å². The topological polar surface area (TPSA) is 79.7 Å². The molecule has 0 saturated carbocycles. The molecule has 0 bridgehead atoms. The number of amides is 1. The zero-order valence-corrected chi connectivity index (χ0v) is 13.0. The normalized spacial score (nSPS) is 17.4. The van der Waals surface area contributed by atoms with Gasteiger partial charge in [-0.25, -0.2) is 4.79 Å². The molecule has 1 N–H and O–H groups in total. The summed E-state index contributed by atoms with van der Waals surface area (Å²) >= 11 is 6.11. The lowest BCUT2D eigenvalue weighted by Crippen LogP contribution is -2.42. The van der Waals surface area contributed by atoms with Crippen molar-refractivity contribution in [3.05, 3.63) is 35.5 Å². The van der Waals surface area contributed by atoms with E-state index in [1.54, 1.807) is 24.4 Å². The van der Waals surface area contributed by atoms with Gasteiger partial charge in [-0.05, 0) is 37.1 Å². The molecule has 2 aromatic rings. The Morgan fingerprint density at radius 1 is 1.39 bits per heavy atom. The molecule has 1 amide bonds. The van der Waals surface area contributed by atoms with Crippen LogP contribution < -0.4 is 4.74 Å². The van der Waals surface area contributed by atoms with Crippen LogP contribution in [0.25, 0.3) is 10.9 Å². The van der Waals surface area contributed by atoms with Crippen LogP contribution in [0.15, 0.2) is 30.5 Å². The fourth-order valence-corrected chi connectivity index (χ4v) is 2.99. The molecule has 0 unspecified atom stereocenters. The number of carbonyl (C=O) groups excluding carboxylic acids is 1. The lowest BCUT2D eigenvalue weighted by molar-refractivity contribution is -0.148. The largest absolute Gasteiger partial charge is 0.481 e. The monoisotopic (exact) mass is 334 g/mol. The van der Waals surface area contributed by atoms with Crippen molar-refractivity contribution in [2.45, 2.75) is 18.9 Å². The molecule has 1 aliphatic rings. The van der Waals surface area contributed by atoms with Crippen LogP contribution in [0.1, 0.15) is 12.8 Å². The molecule has 120 valence electrons. The summed E-state index contributed by atoms with van der Waals surface area (Å²) < 4.78 is 5.57. The molecule has 0 radical (unpaired) electrons. The number of aliphatic carboxylic acids is 1. The molecule has 1 aromatic heterocycles. The van der Waals surface area contributed by atoms with Gasteiger partial charge >= 0.3 is 5.97 Å². The van der Waals surface area contributed by atoms with Crippen LogP contribution in [0.5, 0.6) is 5.75 Å². The summed E-state index contributed by atoms with van der Waals surface area (Å²) in [6, 6.07) is 6.17. The number of pyridine rings is 1. The number of ether oxygens (including phenoxy) is 1. The highest BCUT2D eigenvalue weighted by Gasteiger charge is 2.34. The van der Waals surface area contributed by atoms with E-state index in [0.717, 1.165) is 5.39 Å². The lowest BCUT2D eigenvalue weighted by Gasteiger charge is -2.21. The first-order chi connectivity index (χ1) is 11.1. The molecule has 23 heavy (non-hydrogen) atoms. The predicted octanol–water partition coefficient (Wildman–Crippen LogP) is 2.34. The van der Waals surface area contributed by atoms with E-state index in [1.165, 1.54) is 4.90 Å². The summed E-state index contributed by atoms with van der Waals surface area (Å²) in [5, 5.41) is 10.4. The van der Waals surface area contributed by atoms with Crippen molar-refractivity contribution in [2.75, 3.05) is 13.2 Å². The Kier molecular flexibility index (Phi) is 4.34. The van der Waals surface area contributed by atoms with Crippen molar-refractivity contribution in [1.29, 1.82) is 0 Å². The maximum atomic E-state index is 12.2. The molecular weight excluding hydrogens is 320 g/mol. The van der Waals surface area contributed by atoms with Crippen LogP contribution in [0.4, 0.5) is 0 Å². The highest BCUT2D eigenvalue weighted by atomic mass is 35.5. The minimum absolute atomic E-state index is 0.225. The summed E-state index contributed by atoms with van der Waals surface area (Å²) in [5.74, 6) is -0.868. The molecule has 0 aliphatic carbocycles. The Hall–Kier alpha value is -2.34. The lowest BCUT2D eigenvalue weighted by atomic mass is 10.2. The number of fused-ring (bicyclic) bond motifs is 1. The third kappa shape index (κ3) is 3.07. The molecule has 1 aliphatic heterocycles. The molecule has 0 spiro atoms. The van der Waals surface area contributed by atoms with E-state index in [9.17, 15) is 9.59 Å². The molecular formula is C16H15ClN2O4. The first-order valence-corrected chi connectivity index (χ1v) is 7.64. The summed E-state index contributed by atoms with van der Waals surface area (Å²) in [6.45, 7) is 0.218. The van der Waals surface area contributed by atoms with Crippen LogP contribution in [0.3, 0.4) is 0 Å². The molecule has 1 atom stereocenters. The fraction of sp³-hybridized carbons (Fsp3) is 0.312. The number of hydrogen-bond donors (Lipinski definition) is 1. The van der Waals surface area contributed by atoms with Crippen molar-refractivity contribution in [3.8, 4) is 5.75 Å². The fourth-order valence-electron chi connectivity index (χ4n) is 2.77. The summed E-state index contributed by atoms with van der Waals surface area (Å²) in [7, 11) is 0. The molecule has 1 aromatic carbocycles. The van der Waals surface area contributed by atoms with Gasteiger partial charge in [0.05, 0.1) is 5.02 Å². The van der Waals surface area contributed by atoms with Gasteiger partial charge in [0.15, 0.2) is 6.61 Å². The van der Waals surface area contributed by atoms with E-state index in [2.05, 4.69) is 4.98 Å². The number of hydrogen-bond acceptors (Lipinski definition) is 4. The summed E-state index contributed by atoms with van der Waals surface area (Å²) in [6.07, 6.45) is 2.79. The van der Waals surface area contributed by atoms with Gasteiger partial charge in [-0.1, -0.05) is 11.6 Å². The predicted molar refractivity (Wildman–Crippen MR) is 84.6 cm³/mol. The summed E-state index contributed by atoms with van der Waals surface area (Å²) in [4.78, 5) is 29.0. The maximum Gasteiger partial charge on any atom is 0.326 e. The average molecular weight is 335 g/mol. The number of carboxylic acid groups (broad SMARTS) is 1. The zero-order chi connectivity index (χ0) is 16.4. The van der Waals surface area contributed by atoms with Crippen molar-refractivity contribution in [1.82, 2.24) is 9.88 Å². The van der Waals surface area contributed by atoms with Crippen LogP contribution in [-0.2, 0) is 9.59 Å². The molecule has 1 fully saturated rings. The second-order valence-corrected chi connectivity index (χ2v) is 5.72. The number of rotatable bonds is 4. The van der Waals surface area contributed by atoms with Crippen LogP contribution in [0, 0.1) is 0 Å². The quantitative estimate of drug-likeness (QED) is 0.928. The van der Waals surface area contributed by atoms with Gasteiger partial charge in [0, 0.05) is 18.1 Å². The number of carbonyl (C=O) groups is 2. The van der Waals surface area contributed by atoms with Gasteiger partial charge in [-0.2, -0.15) is 0 Å². The summed E-state index contributed by atoms with van der Waals surface area (Å²) in [5.41, 5.74) is 0.573. The number of carboxylic acids is 1. The molecule has 7 heteroatoms. The first kappa shape index (κ1) is 15.6. The number of benzene rings is 1. The molecule has 3 rings (SSSR count). The van der Waals surface area contributed by atoms with Gasteiger partial charge in [0.1, 0.15) is 17.3 Å². The van der Waals surface area contributed by atoms with Crippen molar-refractivity contribution < 1.29 is 19.4 Å². The number of nitrogens with zero attached hydrogens (tertiary/aromatic N) is 2. The van der Waals surface area contributed by atoms with Crippen LogP contribution in [-0.4, -0.2) is 46.1 Å². The second-order valence-electron chi connectivity index (χ2n) is 5.32. The Balaban J connectivity index is 1.75. The Morgan fingerprint density at radius 3 is 3.00 bits per heavy atom. The van der Waals surface area contributed by atoms with E-state index in [1.807, 2.05) is 6.07 Å². The van der Waals surface area contributed by atoms with E-state index in [4.69, 9.17) is 21.4 Å². The van der Waals surface area contributed by atoms with Crippen molar-refractivity contribution >= 4 is 34.4 Å². The van der Waals surface area contributed by atoms with Gasteiger partial charge < -0.3 is 14.7 Å².